The number of amides is 2. The van der Waals surface area contributed by atoms with Gasteiger partial charge in [0.2, 0.25) is 0 Å². The zero-order valence-electron chi connectivity index (χ0n) is 17.0. The number of aliphatic hydroxyl groups is 2. The van der Waals surface area contributed by atoms with Crippen molar-refractivity contribution in [3.05, 3.63) is 77.9 Å². The molecule has 2 amide bonds. The Morgan fingerprint density at radius 1 is 1.13 bits per heavy atom. The Hall–Kier alpha value is -3.48. The van der Waals surface area contributed by atoms with Gasteiger partial charge in [0.05, 0.1) is 11.3 Å². The predicted octanol–water partition coefficient (Wildman–Crippen LogP) is 3.85. The Morgan fingerprint density at radius 2 is 1.90 bits per heavy atom. The first kappa shape index (κ1) is 19.5. The van der Waals surface area contributed by atoms with Gasteiger partial charge in [0.15, 0.2) is 5.60 Å². The van der Waals surface area contributed by atoms with Crippen molar-refractivity contribution in [3.8, 4) is 0 Å². The van der Waals surface area contributed by atoms with Crippen molar-refractivity contribution in [1.82, 2.24) is 0 Å². The van der Waals surface area contributed by atoms with Crippen LogP contribution in [0.1, 0.15) is 29.3 Å². The third-order valence-electron chi connectivity index (χ3n) is 6.20. The summed E-state index contributed by atoms with van der Waals surface area (Å²) in [5.74, 6) is -1.16. The minimum absolute atomic E-state index is 0.00223. The molecule has 0 fully saturated rings. The SMILES string of the molecule is C[C@@H](/C=C/CCO)[C@]1(O)C(=O)Nc2ccc(N3C(=O)c4cccc5cccc3c45)cc21. The summed E-state index contributed by atoms with van der Waals surface area (Å²) in [6.07, 6.45) is 3.92. The number of carbonyl (C=O) groups excluding carboxylic acids is 2. The molecule has 6 nitrogen and oxygen atoms in total. The van der Waals surface area contributed by atoms with Gasteiger partial charge in [-0.15, -0.1) is 0 Å². The Balaban J connectivity index is 1.61. The summed E-state index contributed by atoms with van der Waals surface area (Å²) in [6.45, 7) is 1.75. The molecule has 0 spiro atoms. The minimum atomic E-state index is -1.76. The van der Waals surface area contributed by atoms with Crippen LogP contribution in [0.15, 0.2) is 66.7 Å². The van der Waals surface area contributed by atoms with Gasteiger partial charge in [-0.1, -0.05) is 43.3 Å². The molecule has 3 aromatic carbocycles. The maximum Gasteiger partial charge on any atom is 0.263 e. The molecule has 31 heavy (non-hydrogen) atoms. The van der Waals surface area contributed by atoms with E-state index in [0.717, 1.165) is 16.5 Å². The zero-order chi connectivity index (χ0) is 21.8. The van der Waals surface area contributed by atoms with Gasteiger partial charge in [0.1, 0.15) is 0 Å². The topological polar surface area (TPSA) is 89.9 Å². The lowest BCUT2D eigenvalue weighted by atomic mass is 9.82. The van der Waals surface area contributed by atoms with E-state index >= 15 is 0 Å². The fourth-order valence-electron chi connectivity index (χ4n) is 4.57. The molecule has 0 saturated carbocycles. The summed E-state index contributed by atoms with van der Waals surface area (Å²) in [4.78, 5) is 27.6. The molecule has 2 aliphatic heterocycles. The van der Waals surface area contributed by atoms with E-state index in [4.69, 9.17) is 5.11 Å². The van der Waals surface area contributed by atoms with Gasteiger partial charge < -0.3 is 15.5 Å². The molecule has 156 valence electrons. The highest BCUT2D eigenvalue weighted by Crippen LogP contribution is 2.46. The van der Waals surface area contributed by atoms with Crippen LogP contribution in [0, 0.1) is 5.92 Å². The molecular weight excluding hydrogens is 392 g/mol. The smallest absolute Gasteiger partial charge is 0.263 e. The molecular formula is C25H22N2O4. The van der Waals surface area contributed by atoms with Crippen molar-refractivity contribution in [2.45, 2.75) is 18.9 Å². The molecule has 6 heteroatoms. The highest BCUT2D eigenvalue weighted by molar-refractivity contribution is 6.28. The number of hydrogen-bond donors (Lipinski definition) is 3. The predicted molar refractivity (Wildman–Crippen MR) is 119 cm³/mol. The minimum Gasteiger partial charge on any atom is -0.396 e. The number of nitrogens with one attached hydrogen (secondary N) is 1. The largest absolute Gasteiger partial charge is 0.396 e. The lowest BCUT2D eigenvalue weighted by Gasteiger charge is -2.27. The van der Waals surface area contributed by atoms with Crippen molar-refractivity contribution in [2.24, 2.45) is 5.92 Å². The van der Waals surface area contributed by atoms with Crippen molar-refractivity contribution < 1.29 is 19.8 Å². The quantitative estimate of drug-likeness (QED) is 0.553. The van der Waals surface area contributed by atoms with Crippen LogP contribution in [-0.4, -0.2) is 28.6 Å². The van der Waals surface area contributed by atoms with Crippen molar-refractivity contribution in [1.29, 1.82) is 0 Å². The maximum absolute atomic E-state index is 13.3. The lowest BCUT2D eigenvalue weighted by molar-refractivity contribution is -0.137. The van der Waals surface area contributed by atoms with Crippen LogP contribution in [0.4, 0.5) is 17.1 Å². The maximum atomic E-state index is 13.3. The van der Waals surface area contributed by atoms with Crippen molar-refractivity contribution >= 4 is 39.6 Å². The molecule has 0 aromatic heterocycles. The molecule has 3 aromatic rings. The van der Waals surface area contributed by atoms with E-state index in [1.165, 1.54) is 0 Å². The molecule has 2 heterocycles. The molecule has 2 aliphatic rings. The van der Waals surface area contributed by atoms with Gasteiger partial charge >= 0.3 is 0 Å². The number of fused-ring (bicyclic) bond motifs is 1. The van der Waals surface area contributed by atoms with Crippen LogP contribution >= 0.6 is 0 Å². The zero-order valence-corrected chi connectivity index (χ0v) is 17.0. The van der Waals surface area contributed by atoms with Crippen molar-refractivity contribution in [2.75, 3.05) is 16.8 Å². The summed E-state index contributed by atoms with van der Waals surface area (Å²) < 4.78 is 0. The Kier molecular flexibility index (Phi) is 4.43. The summed E-state index contributed by atoms with van der Waals surface area (Å²) in [5, 5.41) is 25.1. The van der Waals surface area contributed by atoms with E-state index in [0.29, 0.717) is 28.9 Å². The number of carbonyl (C=O) groups is 2. The third-order valence-corrected chi connectivity index (χ3v) is 6.20. The first-order valence-corrected chi connectivity index (χ1v) is 10.3. The van der Waals surface area contributed by atoms with Gasteiger partial charge in [-0.25, -0.2) is 0 Å². The first-order valence-electron chi connectivity index (χ1n) is 10.3. The number of hydrogen-bond acceptors (Lipinski definition) is 4. The molecule has 0 aliphatic carbocycles. The Labute approximate surface area is 179 Å². The van der Waals surface area contributed by atoms with E-state index in [2.05, 4.69) is 5.32 Å². The molecule has 0 bridgehead atoms. The third kappa shape index (κ3) is 2.72. The monoisotopic (exact) mass is 414 g/mol. The Morgan fingerprint density at radius 3 is 2.68 bits per heavy atom. The Bertz CT molecular complexity index is 1260. The van der Waals surface area contributed by atoms with Crippen LogP contribution < -0.4 is 10.2 Å². The van der Waals surface area contributed by atoms with Gasteiger partial charge in [0, 0.05) is 34.8 Å². The fraction of sp³-hybridized carbons (Fsp3) is 0.200. The second kappa shape index (κ2) is 7.04. The summed E-state index contributed by atoms with van der Waals surface area (Å²) >= 11 is 0. The molecule has 0 radical (unpaired) electrons. The van der Waals surface area contributed by atoms with Crippen LogP contribution in [0.2, 0.25) is 0 Å². The standard InChI is InChI=1S/C25H22N2O4/c1-15(6-2-3-13-28)25(31)19-14-17(11-12-20(19)26-24(25)30)27-21-10-5-8-16-7-4-9-18(22(16)21)23(27)29/h2,4-12,14-15,28,31H,3,13H2,1H3,(H,26,30)/b6-2+/t15-,25+/m0/s1. The summed E-state index contributed by atoms with van der Waals surface area (Å²) in [7, 11) is 0. The van der Waals surface area contributed by atoms with E-state index in [1.807, 2.05) is 36.4 Å². The molecule has 0 unspecified atom stereocenters. The first-order chi connectivity index (χ1) is 15.0. The van der Waals surface area contributed by atoms with Gasteiger partial charge in [-0.2, -0.15) is 0 Å². The number of anilines is 3. The van der Waals surface area contributed by atoms with Crippen LogP contribution in [0.5, 0.6) is 0 Å². The van der Waals surface area contributed by atoms with Gasteiger partial charge in [-0.3, -0.25) is 14.5 Å². The van der Waals surface area contributed by atoms with Gasteiger partial charge in [-0.05, 0) is 42.1 Å². The number of nitrogens with zero attached hydrogens (tertiary/aromatic N) is 1. The second-order valence-corrected chi connectivity index (χ2v) is 8.00. The number of rotatable bonds is 5. The number of benzene rings is 3. The van der Waals surface area contributed by atoms with Crippen LogP contribution in [0.3, 0.4) is 0 Å². The molecule has 3 N–H and O–H groups in total. The molecule has 5 rings (SSSR count). The van der Waals surface area contributed by atoms with E-state index in [1.54, 1.807) is 42.2 Å². The van der Waals surface area contributed by atoms with Crippen LogP contribution in [0.25, 0.3) is 10.8 Å². The van der Waals surface area contributed by atoms with E-state index < -0.39 is 17.4 Å². The van der Waals surface area contributed by atoms with Gasteiger partial charge in [0.25, 0.3) is 11.8 Å². The van der Waals surface area contributed by atoms with E-state index in [-0.39, 0.29) is 12.5 Å². The molecule has 0 saturated heterocycles. The summed E-state index contributed by atoms with van der Waals surface area (Å²) in [6, 6.07) is 16.7. The highest BCUT2D eigenvalue weighted by atomic mass is 16.3. The number of aliphatic hydroxyl groups excluding tert-OH is 1. The average molecular weight is 414 g/mol. The highest BCUT2D eigenvalue weighted by Gasteiger charge is 2.49. The lowest BCUT2D eigenvalue weighted by Crippen LogP contribution is -2.39. The second-order valence-electron chi connectivity index (χ2n) is 8.00. The van der Waals surface area contributed by atoms with Crippen LogP contribution in [-0.2, 0) is 10.4 Å². The van der Waals surface area contributed by atoms with Crippen molar-refractivity contribution in [3.63, 3.8) is 0 Å². The molecule has 2 atom stereocenters. The van der Waals surface area contributed by atoms with E-state index in [9.17, 15) is 14.7 Å². The fourth-order valence-corrected chi connectivity index (χ4v) is 4.57. The normalized spacial score (nSPS) is 20.5. The average Bonchev–Trinajstić information content (AvgIpc) is 3.21. The summed E-state index contributed by atoms with van der Waals surface area (Å²) in [5.41, 5.74) is 1.22.